The van der Waals surface area contributed by atoms with Gasteiger partial charge >= 0.3 is 0 Å². The number of ether oxygens (including phenoxy) is 5. The topological polar surface area (TPSA) is 126 Å². The van der Waals surface area contributed by atoms with Crippen LogP contribution in [0.3, 0.4) is 0 Å². The molecule has 49 heavy (non-hydrogen) atoms. The summed E-state index contributed by atoms with van der Waals surface area (Å²) in [5.41, 5.74) is 3.64. The Balaban J connectivity index is 1.04. The average Bonchev–Trinajstić information content (AvgIpc) is 3.80. The van der Waals surface area contributed by atoms with Crippen LogP contribution in [0.25, 0.3) is 11.2 Å². The standard InChI is InChI=1S/C38H43N5O6/c1-37(2)48-32-30(23-44)47-36(33(32)49-37)43-25-40-31-34(39)42(24-41-35(31)43)21-11-6-12-22-46-38(26-13-7-4-8-14-26,27-15-9-5-10-16-27)28-17-19-29(45-3)20-18-28/h4-5,7-10,13-20,24-25,30,32-33,36,39,44H,6,11-12,21-23H2,1-3H3/t30-,32-,33-,36-/m1/s1. The maximum Gasteiger partial charge on any atom is 0.167 e. The van der Waals surface area contributed by atoms with Crippen LogP contribution in [0, 0.1) is 5.41 Å². The molecule has 4 atom stereocenters. The van der Waals surface area contributed by atoms with E-state index >= 15 is 0 Å². The molecule has 0 radical (unpaired) electrons. The molecule has 4 heterocycles. The molecular formula is C38H43N5O6. The van der Waals surface area contributed by atoms with E-state index in [1.165, 1.54) is 0 Å². The predicted octanol–water partition coefficient (Wildman–Crippen LogP) is 5.31. The first kappa shape index (κ1) is 33.1. The van der Waals surface area contributed by atoms with Gasteiger partial charge in [-0.3, -0.25) is 9.98 Å². The van der Waals surface area contributed by atoms with Gasteiger partial charge in [0.1, 0.15) is 35.2 Å². The minimum Gasteiger partial charge on any atom is -0.497 e. The van der Waals surface area contributed by atoms with E-state index in [9.17, 15) is 5.11 Å². The van der Waals surface area contributed by atoms with Crippen molar-refractivity contribution in [3.63, 3.8) is 0 Å². The van der Waals surface area contributed by atoms with Crippen LogP contribution >= 0.6 is 0 Å². The van der Waals surface area contributed by atoms with E-state index in [-0.39, 0.29) is 12.1 Å². The number of benzene rings is 3. The first-order valence-corrected chi connectivity index (χ1v) is 16.8. The minimum absolute atomic E-state index is 0.188. The molecule has 2 N–H and O–H groups in total. The van der Waals surface area contributed by atoms with E-state index < -0.39 is 35.9 Å². The van der Waals surface area contributed by atoms with Crippen molar-refractivity contribution in [1.29, 1.82) is 5.41 Å². The molecule has 2 aliphatic heterocycles. The normalized spacial score (nSPS) is 21.6. The predicted molar refractivity (Wildman–Crippen MR) is 182 cm³/mol. The molecule has 3 aromatic carbocycles. The second-order valence-corrected chi connectivity index (χ2v) is 13.0. The monoisotopic (exact) mass is 665 g/mol. The highest BCUT2D eigenvalue weighted by Gasteiger charge is 2.56. The van der Waals surface area contributed by atoms with Crippen molar-refractivity contribution in [2.75, 3.05) is 20.3 Å². The summed E-state index contributed by atoms with van der Waals surface area (Å²) in [5.74, 6) is 0.00515. The van der Waals surface area contributed by atoms with E-state index in [4.69, 9.17) is 29.1 Å². The fraction of sp³-hybridized carbons (Fsp3) is 0.395. The van der Waals surface area contributed by atoms with Crippen molar-refractivity contribution in [2.45, 2.75) is 75.6 Å². The zero-order chi connectivity index (χ0) is 34.0. The second-order valence-electron chi connectivity index (χ2n) is 13.0. The number of nitrogens with zero attached hydrogens (tertiary/aromatic N) is 4. The van der Waals surface area contributed by atoms with Crippen molar-refractivity contribution in [2.24, 2.45) is 0 Å². The highest BCUT2D eigenvalue weighted by molar-refractivity contribution is 5.68. The van der Waals surface area contributed by atoms with Crippen LogP contribution in [-0.4, -0.2) is 68.6 Å². The molecule has 0 amide bonds. The highest BCUT2D eigenvalue weighted by atomic mass is 16.8. The van der Waals surface area contributed by atoms with Crippen molar-refractivity contribution in [1.82, 2.24) is 19.1 Å². The summed E-state index contributed by atoms with van der Waals surface area (Å²) in [7, 11) is 1.67. The number of aromatic nitrogens is 4. The summed E-state index contributed by atoms with van der Waals surface area (Å²) in [6.45, 7) is 4.67. The summed E-state index contributed by atoms with van der Waals surface area (Å²) in [6.07, 6.45) is 3.95. The van der Waals surface area contributed by atoms with E-state index in [1.54, 1.807) is 24.3 Å². The number of fused-ring (bicyclic) bond motifs is 2. The van der Waals surface area contributed by atoms with Crippen molar-refractivity contribution < 1.29 is 28.8 Å². The number of imidazole rings is 1. The van der Waals surface area contributed by atoms with Crippen LogP contribution in [0.4, 0.5) is 0 Å². The zero-order valence-corrected chi connectivity index (χ0v) is 28.1. The smallest absolute Gasteiger partial charge is 0.167 e. The van der Waals surface area contributed by atoms with Gasteiger partial charge in [0.15, 0.2) is 23.1 Å². The lowest BCUT2D eigenvalue weighted by Crippen LogP contribution is -2.33. The number of unbranched alkanes of at least 4 members (excludes halogenated alkanes) is 2. The van der Waals surface area contributed by atoms with Gasteiger partial charge < -0.3 is 33.4 Å². The lowest BCUT2D eigenvalue weighted by Gasteiger charge is -2.36. The van der Waals surface area contributed by atoms with E-state index in [0.29, 0.717) is 24.3 Å². The maximum absolute atomic E-state index is 9.90. The Labute approximate surface area is 285 Å². The molecule has 2 fully saturated rings. The number of hydrogen-bond acceptors (Lipinski definition) is 9. The molecule has 2 saturated heterocycles. The summed E-state index contributed by atoms with van der Waals surface area (Å²) in [4.78, 5) is 9.21. The van der Waals surface area contributed by atoms with E-state index in [0.717, 1.165) is 41.7 Å². The molecule has 0 bridgehead atoms. The van der Waals surface area contributed by atoms with Crippen molar-refractivity contribution in [3.05, 3.63) is 120 Å². The summed E-state index contributed by atoms with van der Waals surface area (Å²) in [5, 5.41) is 18.8. The Morgan fingerprint density at radius 1 is 0.837 bits per heavy atom. The Morgan fingerprint density at radius 2 is 1.49 bits per heavy atom. The first-order chi connectivity index (χ1) is 23.8. The quantitative estimate of drug-likeness (QED) is 0.128. The SMILES string of the molecule is COc1ccc(C(OCCCCCn2cnc3c(ncn3[C@@H]3O[C@H](CO)[C@H]4OC(C)(C)O[C@H]43)c2=N)(c2ccccc2)c2ccccc2)cc1. The van der Waals surface area contributed by atoms with Crippen LogP contribution in [0.5, 0.6) is 5.75 Å². The third kappa shape index (κ3) is 6.28. The van der Waals surface area contributed by atoms with Gasteiger partial charge in [0.05, 0.1) is 26.4 Å². The van der Waals surface area contributed by atoms with Gasteiger partial charge in [-0.25, -0.2) is 9.97 Å². The average molecular weight is 666 g/mol. The molecule has 5 aromatic rings. The molecule has 0 aliphatic carbocycles. The third-order valence-electron chi connectivity index (χ3n) is 9.40. The summed E-state index contributed by atoms with van der Waals surface area (Å²) >= 11 is 0. The number of nitrogens with one attached hydrogen (secondary N) is 1. The Morgan fingerprint density at radius 3 is 2.14 bits per heavy atom. The minimum atomic E-state index is -0.794. The Kier molecular flexibility index (Phi) is 9.36. The summed E-state index contributed by atoms with van der Waals surface area (Å²) in [6, 6.07) is 28.8. The van der Waals surface area contributed by atoms with Crippen LogP contribution in [0.1, 0.15) is 56.0 Å². The van der Waals surface area contributed by atoms with Crippen LogP contribution < -0.4 is 10.2 Å². The van der Waals surface area contributed by atoms with E-state index in [2.05, 4.69) is 46.4 Å². The zero-order valence-electron chi connectivity index (χ0n) is 28.1. The number of methoxy groups -OCH3 is 1. The molecule has 11 heteroatoms. The number of aliphatic hydroxyl groups excluding tert-OH is 1. The van der Waals surface area contributed by atoms with Gasteiger partial charge in [-0.05, 0) is 61.9 Å². The van der Waals surface area contributed by atoms with Crippen LogP contribution in [0.15, 0.2) is 97.6 Å². The number of hydrogen-bond donors (Lipinski definition) is 2. The van der Waals surface area contributed by atoms with Crippen molar-refractivity contribution >= 4 is 11.2 Å². The molecule has 0 unspecified atom stereocenters. The van der Waals surface area contributed by atoms with Gasteiger partial charge in [0.25, 0.3) is 0 Å². The molecule has 256 valence electrons. The number of aryl methyl sites for hydroxylation is 1. The van der Waals surface area contributed by atoms with Crippen LogP contribution in [-0.2, 0) is 31.1 Å². The molecule has 11 nitrogen and oxygen atoms in total. The van der Waals surface area contributed by atoms with Gasteiger partial charge in [0, 0.05) is 13.2 Å². The summed E-state index contributed by atoms with van der Waals surface area (Å²) < 4.78 is 34.3. The number of aliphatic hydroxyl groups is 1. The van der Waals surface area contributed by atoms with E-state index in [1.807, 2.05) is 66.9 Å². The largest absolute Gasteiger partial charge is 0.497 e. The Bertz CT molecular complexity index is 1870. The molecule has 7 rings (SSSR count). The molecule has 2 aliphatic rings. The lowest BCUT2D eigenvalue weighted by molar-refractivity contribution is -0.199. The highest BCUT2D eigenvalue weighted by Crippen LogP contribution is 2.44. The Hall–Kier alpha value is -4.39. The third-order valence-corrected chi connectivity index (χ3v) is 9.40. The van der Waals surface area contributed by atoms with Crippen molar-refractivity contribution in [3.8, 4) is 5.75 Å². The molecular weight excluding hydrogens is 622 g/mol. The number of rotatable bonds is 13. The van der Waals surface area contributed by atoms with Gasteiger partial charge in [-0.1, -0.05) is 72.8 Å². The maximum atomic E-state index is 9.90. The molecule has 0 saturated carbocycles. The fourth-order valence-corrected chi connectivity index (χ4v) is 7.06. The molecule has 0 spiro atoms. The van der Waals surface area contributed by atoms with Gasteiger partial charge in [-0.2, -0.15) is 0 Å². The van der Waals surface area contributed by atoms with Gasteiger partial charge in [-0.15, -0.1) is 0 Å². The van der Waals surface area contributed by atoms with Gasteiger partial charge in [0.2, 0.25) is 0 Å². The lowest BCUT2D eigenvalue weighted by atomic mass is 9.80. The first-order valence-electron chi connectivity index (χ1n) is 16.8. The molecule has 2 aromatic heterocycles. The van der Waals surface area contributed by atoms with Crippen LogP contribution in [0.2, 0.25) is 0 Å². The second kappa shape index (κ2) is 13.9. The fourth-order valence-electron chi connectivity index (χ4n) is 7.06.